The van der Waals surface area contributed by atoms with Gasteiger partial charge in [0.1, 0.15) is 12.4 Å². The number of carbonyl (C=O) groups is 1. The predicted molar refractivity (Wildman–Crippen MR) is 56.5 cm³/mol. The zero-order chi connectivity index (χ0) is 11.0. The Hall–Kier alpha value is -0.930. The highest BCUT2D eigenvalue weighted by Crippen LogP contribution is 2.41. The smallest absolute Gasteiger partial charge is 0.303 e. The lowest BCUT2D eigenvalue weighted by Crippen LogP contribution is -2.09. The first kappa shape index (κ1) is 10.6. The third-order valence-electron chi connectivity index (χ3n) is 2.07. The second kappa shape index (κ2) is 3.91. The minimum atomic E-state index is -0.409. The van der Waals surface area contributed by atoms with Crippen LogP contribution in [0, 0.1) is 0 Å². The van der Waals surface area contributed by atoms with Crippen LogP contribution in [-0.2, 0) is 9.53 Å². The predicted octanol–water partition coefficient (Wildman–Crippen LogP) is 2.99. The quantitative estimate of drug-likeness (QED) is 0.715. The number of benzene rings is 1. The van der Waals surface area contributed by atoms with Gasteiger partial charge in [-0.3, -0.25) is 4.79 Å². The van der Waals surface area contributed by atoms with Crippen LogP contribution >= 0.6 is 23.2 Å². The fourth-order valence-electron chi connectivity index (χ4n) is 1.52. The average molecular weight is 247 g/mol. The highest BCUT2D eigenvalue weighted by atomic mass is 35.5. The summed E-state index contributed by atoms with van der Waals surface area (Å²) in [5, 5.41) is 0.938. The van der Waals surface area contributed by atoms with Crippen LogP contribution in [0.5, 0.6) is 5.75 Å². The number of halogens is 2. The summed E-state index contributed by atoms with van der Waals surface area (Å²) in [5.41, 5.74) is 0.725. The Balaban J connectivity index is 2.37. The number of ether oxygens (including phenoxy) is 2. The first-order valence-electron chi connectivity index (χ1n) is 4.37. The molecule has 1 aromatic rings. The molecule has 1 atom stereocenters. The molecular formula is C10H8Cl2O3. The van der Waals surface area contributed by atoms with Crippen molar-refractivity contribution in [1.29, 1.82) is 0 Å². The van der Waals surface area contributed by atoms with Crippen molar-refractivity contribution in [3.05, 3.63) is 27.7 Å². The fourth-order valence-corrected chi connectivity index (χ4v) is 2.08. The summed E-state index contributed by atoms with van der Waals surface area (Å²) >= 11 is 11.8. The van der Waals surface area contributed by atoms with Gasteiger partial charge in [-0.05, 0) is 12.1 Å². The lowest BCUT2D eigenvalue weighted by Gasteiger charge is -2.08. The molecule has 80 valence electrons. The van der Waals surface area contributed by atoms with E-state index in [4.69, 9.17) is 32.7 Å². The van der Waals surface area contributed by atoms with E-state index in [0.717, 1.165) is 5.56 Å². The molecule has 15 heavy (non-hydrogen) atoms. The third-order valence-corrected chi connectivity index (χ3v) is 2.57. The number of hydrogen-bond acceptors (Lipinski definition) is 3. The number of esters is 1. The van der Waals surface area contributed by atoms with Crippen molar-refractivity contribution >= 4 is 29.2 Å². The molecule has 0 aliphatic carbocycles. The largest absolute Gasteiger partial charge is 0.487 e. The van der Waals surface area contributed by atoms with Crippen molar-refractivity contribution in [1.82, 2.24) is 0 Å². The average Bonchev–Trinajstić information content (AvgIpc) is 2.48. The van der Waals surface area contributed by atoms with E-state index in [1.807, 2.05) is 0 Å². The fraction of sp³-hybridized carbons (Fsp3) is 0.300. The van der Waals surface area contributed by atoms with E-state index in [9.17, 15) is 4.79 Å². The second-order valence-electron chi connectivity index (χ2n) is 3.22. The molecule has 0 aromatic heterocycles. The Bertz CT molecular complexity index is 417. The minimum Gasteiger partial charge on any atom is -0.487 e. The molecule has 0 bridgehead atoms. The topological polar surface area (TPSA) is 35.5 Å². The molecule has 1 aliphatic heterocycles. The maximum Gasteiger partial charge on any atom is 0.303 e. The van der Waals surface area contributed by atoms with Crippen LogP contribution in [0.3, 0.4) is 0 Å². The Morgan fingerprint density at radius 3 is 2.93 bits per heavy atom. The van der Waals surface area contributed by atoms with Crippen molar-refractivity contribution in [3.8, 4) is 5.75 Å². The zero-order valence-electron chi connectivity index (χ0n) is 7.92. The van der Waals surface area contributed by atoms with Crippen LogP contribution < -0.4 is 4.74 Å². The Morgan fingerprint density at radius 1 is 1.53 bits per heavy atom. The summed E-state index contributed by atoms with van der Waals surface area (Å²) < 4.78 is 10.4. The summed E-state index contributed by atoms with van der Waals surface area (Å²) in [6.45, 7) is 1.64. The van der Waals surface area contributed by atoms with Crippen LogP contribution in [0.25, 0.3) is 0 Å². The molecule has 2 rings (SSSR count). The van der Waals surface area contributed by atoms with Gasteiger partial charge in [-0.25, -0.2) is 0 Å². The first-order valence-corrected chi connectivity index (χ1v) is 5.12. The molecule has 0 spiro atoms. The van der Waals surface area contributed by atoms with E-state index in [2.05, 4.69) is 0 Å². The van der Waals surface area contributed by atoms with Crippen molar-refractivity contribution < 1.29 is 14.3 Å². The molecule has 1 aromatic carbocycles. The van der Waals surface area contributed by atoms with Crippen molar-refractivity contribution in [2.75, 3.05) is 6.61 Å². The van der Waals surface area contributed by atoms with Crippen LogP contribution in [0.4, 0.5) is 0 Å². The van der Waals surface area contributed by atoms with Gasteiger partial charge < -0.3 is 9.47 Å². The summed E-state index contributed by atoms with van der Waals surface area (Å²) in [7, 11) is 0. The molecule has 0 saturated carbocycles. The summed E-state index contributed by atoms with van der Waals surface area (Å²) in [6, 6.07) is 3.29. The molecule has 0 amide bonds. The molecule has 5 heteroatoms. The van der Waals surface area contributed by atoms with Crippen molar-refractivity contribution in [3.63, 3.8) is 0 Å². The van der Waals surface area contributed by atoms with Crippen molar-refractivity contribution in [2.45, 2.75) is 13.0 Å². The molecule has 0 fully saturated rings. The molecule has 0 radical (unpaired) electrons. The van der Waals surface area contributed by atoms with Gasteiger partial charge in [-0.1, -0.05) is 23.2 Å². The van der Waals surface area contributed by atoms with Crippen molar-refractivity contribution in [2.24, 2.45) is 0 Å². The van der Waals surface area contributed by atoms with Crippen LogP contribution in [0.15, 0.2) is 12.1 Å². The number of rotatable bonds is 1. The molecule has 1 aliphatic rings. The lowest BCUT2D eigenvalue weighted by molar-refractivity contribution is -0.147. The van der Waals surface area contributed by atoms with Gasteiger partial charge >= 0.3 is 5.97 Å². The van der Waals surface area contributed by atoms with Gasteiger partial charge in [-0.2, -0.15) is 0 Å². The standard InChI is InChI=1S/C10H8Cl2O3/c1-5(13)15-9-4-14-10-7(9)2-6(11)3-8(10)12/h2-3,9H,4H2,1H3. The van der Waals surface area contributed by atoms with Crippen LogP contribution in [-0.4, -0.2) is 12.6 Å². The van der Waals surface area contributed by atoms with E-state index in [1.165, 1.54) is 6.92 Å². The van der Waals surface area contributed by atoms with E-state index >= 15 is 0 Å². The van der Waals surface area contributed by atoms with Gasteiger partial charge in [0.25, 0.3) is 0 Å². The third kappa shape index (κ3) is 2.03. The lowest BCUT2D eigenvalue weighted by atomic mass is 10.1. The highest BCUT2D eigenvalue weighted by Gasteiger charge is 2.29. The first-order chi connectivity index (χ1) is 7.08. The Kier molecular flexibility index (Phi) is 2.76. The summed E-state index contributed by atoms with van der Waals surface area (Å²) in [4.78, 5) is 10.8. The number of carbonyl (C=O) groups excluding carboxylic acids is 1. The van der Waals surface area contributed by atoms with E-state index < -0.39 is 6.10 Å². The van der Waals surface area contributed by atoms with Gasteiger partial charge in [0.15, 0.2) is 6.10 Å². The molecular weight excluding hydrogens is 239 g/mol. The molecule has 3 nitrogen and oxygen atoms in total. The monoisotopic (exact) mass is 246 g/mol. The van der Waals surface area contributed by atoms with Gasteiger partial charge in [0.2, 0.25) is 0 Å². The molecule has 0 saturated heterocycles. The van der Waals surface area contributed by atoms with Crippen LogP contribution in [0.2, 0.25) is 10.0 Å². The highest BCUT2D eigenvalue weighted by molar-refractivity contribution is 6.35. The Morgan fingerprint density at radius 2 is 2.27 bits per heavy atom. The molecule has 1 unspecified atom stereocenters. The maximum atomic E-state index is 10.8. The zero-order valence-corrected chi connectivity index (χ0v) is 9.43. The normalized spacial score (nSPS) is 18.2. The minimum absolute atomic E-state index is 0.287. The maximum absolute atomic E-state index is 10.8. The van der Waals surface area contributed by atoms with E-state index in [1.54, 1.807) is 12.1 Å². The van der Waals surface area contributed by atoms with Crippen LogP contribution in [0.1, 0.15) is 18.6 Å². The molecule has 0 N–H and O–H groups in total. The second-order valence-corrected chi connectivity index (χ2v) is 4.06. The number of fused-ring (bicyclic) bond motifs is 1. The summed E-state index contributed by atoms with van der Waals surface area (Å²) in [5.74, 6) is 0.194. The Labute approximate surface area is 96.9 Å². The number of hydrogen-bond donors (Lipinski definition) is 0. The van der Waals surface area contributed by atoms with E-state index in [0.29, 0.717) is 15.8 Å². The summed E-state index contributed by atoms with van der Waals surface area (Å²) in [6.07, 6.45) is -0.409. The van der Waals surface area contributed by atoms with Gasteiger partial charge in [0, 0.05) is 17.5 Å². The van der Waals surface area contributed by atoms with Gasteiger partial charge in [0.05, 0.1) is 5.02 Å². The van der Waals surface area contributed by atoms with Gasteiger partial charge in [-0.15, -0.1) is 0 Å². The molecule has 1 heterocycles. The van der Waals surface area contributed by atoms with E-state index in [-0.39, 0.29) is 12.6 Å². The SMILES string of the molecule is CC(=O)OC1COc2c(Cl)cc(Cl)cc21.